The molecule has 0 saturated heterocycles. The van der Waals surface area contributed by atoms with Crippen LogP contribution in [0.2, 0.25) is 0 Å². The molecular weight excluding hydrogens is 410 g/mol. The number of hydrogen-bond acceptors (Lipinski definition) is 3. The summed E-state index contributed by atoms with van der Waals surface area (Å²) >= 11 is 0. The van der Waals surface area contributed by atoms with Crippen LogP contribution in [-0.4, -0.2) is 34.9 Å². The maximum Gasteiger partial charge on any atom is 0.220 e. The Labute approximate surface area is 206 Å². The van der Waals surface area contributed by atoms with Crippen molar-refractivity contribution in [2.75, 3.05) is 6.61 Å². The van der Waals surface area contributed by atoms with E-state index >= 15 is 0 Å². The summed E-state index contributed by atoms with van der Waals surface area (Å²) in [4.78, 5) is 12.0. The van der Waals surface area contributed by atoms with E-state index in [-0.39, 0.29) is 12.5 Å². The predicted octanol–water partition coefficient (Wildman–Crippen LogP) is 7.61. The zero-order chi connectivity index (χ0) is 24.4. The number of carbonyl (C=O) groups is 1. The van der Waals surface area contributed by atoms with Crippen LogP contribution in [0.4, 0.5) is 0 Å². The summed E-state index contributed by atoms with van der Waals surface area (Å²) in [6.45, 7) is 3.83. The van der Waals surface area contributed by atoms with E-state index in [9.17, 15) is 15.0 Å². The standard InChI is InChI=1S/C29H57NO3/c1-3-5-6-7-8-9-10-11-12-13-14-15-16-17-18-19-20-21-22-23-25-29(33)30-27(26-31)28(32)24-4-2/h4,24,27-28,31-32H,3,5-23,25-26H2,1-2H3,(H,30,33)/b24-4+. The maximum atomic E-state index is 12.0. The third-order valence-electron chi connectivity index (χ3n) is 6.60. The first-order chi connectivity index (χ1) is 16.2. The number of nitrogens with one attached hydrogen (secondary N) is 1. The fraction of sp³-hybridized carbons (Fsp3) is 0.897. The number of rotatable bonds is 25. The van der Waals surface area contributed by atoms with Crippen molar-refractivity contribution in [3.8, 4) is 0 Å². The number of carbonyl (C=O) groups excluding carboxylic acids is 1. The van der Waals surface area contributed by atoms with Crippen molar-refractivity contribution in [3.05, 3.63) is 12.2 Å². The highest BCUT2D eigenvalue weighted by atomic mass is 16.3. The molecule has 196 valence electrons. The van der Waals surface area contributed by atoms with Gasteiger partial charge < -0.3 is 15.5 Å². The van der Waals surface area contributed by atoms with Gasteiger partial charge in [-0.05, 0) is 13.3 Å². The average molecular weight is 468 g/mol. The van der Waals surface area contributed by atoms with Gasteiger partial charge in [0.2, 0.25) is 5.91 Å². The second kappa shape index (κ2) is 25.7. The van der Waals surface area contributed by atoms with E-state index in [1.165, 1.54) is 116 Å². The summed E-state index contributed by atoms with van der Waals surface area (Å²) in [5.74, 6) is -0.0833. The first-order valence-corrected chi connectivity index (χ1v) is 14.4. The van der Waals surface area contributed by atoms with E-state index in [4.69, 9.17) is 0 Å². The molecule has 0 bridgehead atoms. The minimum atomic E-state index is -0.834. The second-order valence-corrected chi connectivity index (χ2v) is 9.84. The number of hydrogen-bond donors (Lipinski definition) is 3. The van der Waals surface area contributed by atoms with E-state index in [0.29, 0.717) is 6.42 Å². The van der Waals surface area contributed by atoms with Gasteiger partial charge in [-0.1, -0.05) is 141 Å². The molecule has 0 rings (SSSR count). The van der Waals surface area contributed by atoms with Crippen molar-refractivity contribution < 1.29 is 15.0 Å². The van der Waals surface area contributed by atoms with Gasteiger partial charge in [0, 0.05) is 6.42 Å². The number of amides is 1. The van der Waals surface area contributed by atoms with Crippen LogP contribution in [0.3, 0.4) is 0 Å². The van der Waals surface area contributed by atoms with Gasteiger partial charge in [0.15, 0.2) is 0 Å². The minimum absolute atomic E-state index is 0.0833. The molecule has 3 N–H and O–H groups in total. The molecule has 0 aliphatic carbocycles. The smallest absolute Gasteiger partial charge is 0.220 e. The van der Waals surface area contributed by atoms with E-state index in [2.05, 4.69) is 12.2 Å². The molecule has 0 fully saturated rings. The van der Waals surface area contributed by atoms with Crippen LogP contribution in [0, 0.1) is 0 Å². The maximum absolute atomic E-state index is 12.0. The first kappa shape index (κ1) is 32.1. The lowest BCUT2D eigenvalue weighted by molar-refractivity contribution is -0.123. The Morgan fingerprint density at radius 2 is 1.06 bits per heavy atom. The number of aliphatic hydroxyl groups excluding tert-OH is 2. The topological polar surface area (TPSA) is 69.6 Å². The Hall–Kier alpha value is -0.870. The molecular formula is C29H57NO3. The zero-order valence-corrected chi connectivity index (χ0v) is 22.2. The largest absolute Gasteiger partial charge is 0.394 e. The van der Waals surface area contributed by atoms with Gasteiger partial charge in [-0.2, -0.15) is 0 Å². The van der Waals surface area contributed by atoms with E-state index < -0.39 is 12.1 Å². The molecule has 33 heavy (non-hydrogen) atoms. The Balaban J connectivity index is 3.30. The molecule has 0 aromatic heterocycles. The molecule has 0 heterocycles. The van der Waals surface area contributed by atoms with Crippen LogP contribution < -0.4 is 5.32 Å². The number of unbranched alkanes of at least 4 members (excludes halogenated alkanes) is 19. The highest BCUT2D eigenvalue weighted by Crippen LogP contribution is 2.15. The van der Waals surface area contributed by atoms with Crippen LogP contribution in [0.1, 0.15) is 149 Å². The van der Waals surface area contributed by atoms with Gasteiger partial charge >= 0.3 is 0 Å². The second-order valence-electron chi connectivity index (χ2n) is 9.84. The van der Waals surface area contributed by atoms with E-state index in [1.54, 1.807) is 19.1 Å². The van der Waals surface area contributed by atoms with Gasteiger partial charge in [0.25, 0.3) is 0 Å². The van der Waals surface area contributed by atoms with Gasteiger partial charge in [-0.25, -0.2) is 0 Å². The SMILES string of the molecule is C/C=C/C(O)C(CO)NC(=O)CCCCCCCCCCCCCCCCCCCCCC. The molecule has 4 nitrogen and oxygen atoms in total. The summed E-state index contributed by atoms with van der Waals surface area (Å²) in [6, 6.07) is -0.612. The van der Waals surface area contributed by atoms with Crippen LogP contribution >= 0.6 is 0 Å². The van der Waals surface area contributed by atoms with Crippen molar-refractivity contribution in [1.29, 1.82) is 0 Å². The molecule has 1 amide bonds. The van der Waals surface area contributed by atoms with E-state index in [0.717, 1.165) is 12.8 Å². The first-order valence-electron chi connectivity index (χ1n) is 14.4. The fourth-order valence-corrected chi connectivity index (χ4v) is 4.39. The molecule has 2 unspecified atom stereocenters. The van der Waals surface area contributed by atoms with Gasteiger partial charge in [0.1, 0.15) is 0 Å². The average Bonchev–Trinajstić information content (AvgIpc) is 2.81. The summed E-state index contributed by atoms with van der Waals surface area (Å²) < 4.78 is 0. The highest BCUT2D eigenvalue weighted by Gasteiger charge is 2.17. The van der Waals surface area contributed by atoms with Crippen LogP contribution in [-0.2, 0) is 4.79 Å². The zero-order valence-electron chi connectivity index (χ0n) is 22.2. The highest BCUT2D eigenvalue weighted by molar-refractivity contribution is 5.76. The normalized spacial score (nSPS) is 13.5. The van der Waals surface area contributed by atoms with Crippen molar-refractivity contribution in [3.63, 3.8) is 0 Å². The van der Waals surface area contributed by atoms with Gasteiger partial charge in [-0.15, -0.1) is 0 Å². The Bertz CT molecular complexity index is 439. The molecule has 0 aliphatic rings. The molecule has 0 spiro atoms. The minimum Gasteiger partial charge on any atom is -0.394 e. The lowest BCUT2D eigenvalue weighted by atomic mass is 10.0. The van der Waals surface area contributed by atoms with Crippen molar-refractivity contribution >= 4 is 5.91 Å². The molecule has 2 atom stereocenters. The fourth-order valence-electron chi connectivity index (χ4n) is 4.39. The third kappa shape index (κ3) is 22.7. The third-order valence-corrected chi connectivity index (χ3v) is 6.60. The summed E-state index contributed by atoms with van der Waals surface area (Å²) in [5.41, 5.74) is 0. The van der Waals surface area contributed by atoms with Crippen LogP contribution in [0.15, 0.2) is 12.2 Å². The Kier molecular flexibility index (Phi) is 25.1. The Morgan fingerprint density at radius 3 is 1.39 bits per heavy atom. The quantitative estimate of drug-likeness (QED) is 0.0955. The van der Waals surface area contributed by atoms with Crippen molar-refractivity contribution in [2.45, 2.75) is 161 Å². The lowest BCUT2D eigenvalue weighted by Crippen LogP contribution is -2.45. The number of allylic oxidation sites excluding steroid dienone is 1. The molecule has 0 aliphatic heterocycles. The molecule has 4 heteroatoms. The summed E-state index contributed by atoms with van der Waals surface area (Å²) in [7, 11) is 0. The number of aliphatic hydroxyl groups is 2. The molecule has 0 aromatic rings. The van der Waals surface area contributed by atoms with Crippen molar-refractivity contribution in [1.82, 2.24) is 5.32 Å². The van der Waals surface area contributed by atoms with Crippen molar-refractivity contribution in [2.24, 2.45) is 0 Å². The monoisotopic (exact) mass is 467 g/mol. The molecule has 0 aromatic carbocycles. The van der Waals surface area contributed by atoms with Crippen LogP contribution in [0.25, 0.3) is 0 Å². The van der Waals surface area contributed by atoms with Crippen LogP contribution in [0.5, 0.6) is 0 Å². The van der Waals surface area contributed by atoms with Gasteiger partial charge in [0.05, 0.1) is 18.8 Å². The summed E-state index contributed by atoms with van der Waals surface area (Å²) in [6.07, 6.45) is 29.9. The Morgan fingerprint density at radius 1 is 0.697 bits per heavy atom. The lowest BCUT2D eigenvalue weighted by Gasteiger charge is -2.19. The molecule has 0 saturated carbocycles. The van der Waals surface area contributed by atoms with E-state index in [1.807, 2.05) is 0 Å². The molecule has 0 radical (unpaired) electrons. The van der Waals surface area contributed by atoms with Gasteiger partial charge in [-0.3, -0.25) is 4.79 Å². The predicted molar refractivity (Wildman–Crippen MR) is 142 cm³/mol. The summed E-state index contributed by atoms with van der Waals surface area (Å²) in [5, 5.41) is 21.9.